The Morgan fingerprint density at radius 1 is 1.00 bits per heavy atom. The van der Waals surface area contributed by atoms with Gasteiger partial charge in [-0.1, -0.05) is 18.2 Å². The summed E-state index contributed by atoms with van der Waals surface area (Å²) in [6, 6.07) is 9.46. The Labute approximate surface area is 105 Å². The molecule has 0 fully saturated rings. The number of fused-ring (bicyclic) bond motifs is 3. The summed E-state index contributed by atoms with van der Waals surface area (Å²) in [4.78, 5) is 0. The van der Waals surface area contributed by atoms with E-state index in [0.29, 0.717) is 11.0 Å². The van der Waals surface area contributed by atoms with Crippen molar-refractivity contribution in [3.05, 3.63) is 41.5 Å². The van der Waals surface area contributed by atoms with Crippen molar-refractivity contribution in [3.63, 3.8) is 0 Å². The zero-order chi connectivity index (χ0) is 12.9. The van der Waals surface area contributed by atoms with Gasteiger partial charge in [-0.3, -0.25) is 0 Å². The Hall–Kier alpha value is -1.78. The van der Waals surface area contributed by atoms with Crippen molar-refractivity contribution in [1.82, 2.24) is 0 Å². The maximum absolute atomic E-state index is 9.35. The van der Waals surface area contributed by atoms with Gasteiger partial charge in [-0.25, -0.2) is 0 Å². The molecule has 0 atom stereocenters. The van der Waals surface area contributed by atoms with Gasteiger partial charge in [-0.15, -0.1) is 0 Å². The van der Waals surface area contributed by atoms with Crippen LogP contribution >= 0.6 is 0 Å². The highest BCUT2D eigenvalue weighted by atomic mass is 16.4. The molecule has 0 bridgehead atoms. The summed E-state index contributed by atoms with van der Waals surface area (Å²) in [6.45, 7) is 4.09. The van der Waals surface area contributed by atoms with Gasteiger partial charge >= 0.3 is 7.12 Å². The minimum absolute atomic E-state index is 0.402. The fourth-order valence-electron chi connectivity index (χ4n) is 2.28. The van der Waals surface area contributed by atoms with Crippen molar-refractivity contribution in [2.75, 3.05) is 0 Å². The zero-order valence-electron chi connectivity index (χ0n) is 10.3. The third kappa shape index (κ3) is 1.54. The van der Waals surface area contributed by atoms with Crippen LogP contribution in [0, 0.1) is 13.8 Å². The first-order valence-corrected chi connectivity index (χ1v) is 5.86. The van der Waals surface area contributed by atoms with Crippen molar-refractivity contribution < 1.29 is 14.5 Å². The van der Waals surface area contributed by atoms with Crippen LogP contribution in [0.2, 0.25) is 0 Å². The van der Waals surface area contributed by atoms with Crippen LogP contribution in [0.4, 0.5) is 0 Å². The smallest absolute Gasteiger partial charge is 0.456 e. The van der Waals surface area contributed by atoms with E-state index in [2.05, 4.69) is 13.0 Å². The maximum atomic E-state index is 9.35. The van der Waals surface area contributed by atoms with E-state index in [1.54, 1.807) is 12.1 Å². The molecule has 0 aliphatic heterocycles. The van der Waals surface area contributed by atoms with Crippen molar-refractivity contribution in [1.29, 1.82) is 0 Å². The predicted molar refractivity (Wildman–Crippen MR) is 73.0 cm³/mol. The molecule has 2 aromatic carbocycles. The van der Waals surface area contributed by atoms with Gasteiger partial charge in [0, 0.05) is 16.2 Å². The largest absolute Gasteiger partial charge is 0.492 e. The molecule has 1 heterocycles. The molecule has 0 aliphatic carbocycles. The molecular formula is C14H13BO3. The quantitative estimate of drug-likeness (QED) is 0.638. The van der Waals surface area contributed by atoms with E-state index in [-0.39, 0.29) is 0 Å². The van der Waals surface area contributed by atoms with Crippen LogP contribution in [0.15, 0.2) is 34.7 Å². The van der Waals surface area contributed by atoms with Crippen LogP contribution in [0.3, 0.4) is 0 Å². The summed E-state index contributed by atoms with van der Waals surface area (Å²) in [5, 5.41) is 20.6. The molecule has 1 aromatic heterocycles. The lowest BCUT2D eigenvalue weighted by Gasteiger charge is -1.99. The van der Waals surface area contributed by atoms with Crippen molar-refractivity contribution >= 4 is 34.5 Å². The van der Waals surface area contributed by atoms with Crippen LogP contribution in [-0.2, 0) is 0 Å². The minimum Gasteiger partial charge on any atom is -0.456 e. The molecule has 4 heteroatoms. The Kier molecular flexibility index (Phi) is 2.43. The number of furan rings is 1. The molecule has 0 saturated carbocycles. The molecule has 2 N–H and O–H groups in total. The number of rotatable bonds is 1. The van der Waals surface area contributed by atoms with Crippen LogP contribution in [0.25, 0.3) is 21.9 Å². The minimum atomic E-state index is -1.52. The van der Waals surface area contributed by atoms with Crippen LogP contribution in [0.5, 0.6) is 0 Å². The summed E-state index contributed by atoms with van der Waals surface area (Å²) in [5.74, 6) is 0. The summed E-state index contributed by atoms with van der Waals surface area (Å²) in [5.41, 5.74) is 4.08. The number of hydrogen-bond donors (Lipinski definition) is 2. The zero-order valence-corrected chi connectivity index (χ0v) is 10.3. The van der Waals surface area contributed by atoms with Gasteiger partial charge in [0.25, 0.3) is 0 Å². The van der Waals surface area contributed by atoms with E-state index < -0.39 is 7.12 Å². The predicted octanol–water partition coefficient (Wildman–Crippen LogP) is 1.88. The molecule has 3 nitrogen and oxygen atoms in total. The maximum Gasteiger partial charge on any atom is 0.492 e. The number of hydrogen-bond acceptors (Lipinski definition) is 3. The normalized spacial score (nSPS) is 11.3. The van der Waals surface area contributed by atoms with Crippen LogP contribution in [0.1, 0.15) is 11.1 Å². The van der Waals surface area contributed by atoms with E-state index in [1.165, 1.54) is 5.56 Å². The fraction of sp³-hybridized carbons (Fsp3) is 0.143. The SMILES string of the molecule is Cc1cc2oc3c(B(O)O)cccc3c2cc1C. The molecule has 0 unspecified atom stereocenters. The van der Waals surface area contributed by atoms with Crippen LogP contribution in [-0.4, -0.2) is 17.2 Å². The van der Waals surface area contributed by atoms with E-state index in [4.69, 9.17) is 4.42 Å². The second kappa shape index (κ2) is 3.87. The van der Waals surface area contributed by atoms with Crippen molar-refractivity contribution in [3.8, 4) is 0 Å². The molecule has 0 amide bonds. The fourth-order valence-corrected chi connectivity index (χ4v) is 2.28. The van der Waals surface area contributed by atoms with Gasteiger partial charge in [0.1, 0.15) is 11.2 Å². The van der Waals surface area contributed by atoms with E-state index >= 15 is 0 Å². The lowest BCUT2D eigenvalue weighted by atomic mass is 9.79. The number of para-hydroxylation sites is 1. The van der Waals surface area contributed by atoms with Gasteiger partial charge < -0.3 is 14.5 Å². The Balaban J connectivity index is 2.47. The average Bonchev–Trinajstić information content (AvgIpc) is 2.67. The topological polar surface area (TPSA) is 53.6 Å². The second-order valence-corrected chi connectivity index (χ2v) is 4.63. The first-order chi connectivity index (χ1) is 8.58. The van der Waals surface area contributed by atoms with E-state index in [9.17, 15) is 10.0 Å². The first-order valence-electron chi connectivity index (χ1n) is 5.86. The Bertz CT molecular complexity index is 743. The molecule has 18 heavy (non-hydrogen) atoms. The summed E-state index contributed by atoms with van der Waals surface area (Å²) in [7, 11) is -1.52. The van der Waals surface area contributed by atoms with Gasteiger partial charge in [0.05, 0.1) is 0 Å². The molecule has 0 saturated heterocycles. The lowest BCUT2D eigenvalue weighted by Crippen LogP contribution is -2.29. The third-order valence-corrected chi connectivity index (χ3v) is 3.42. The van der Waals surface area contributed by atoms with E-state index in [1.807, 2.05) is 19.1 Å². The highest BCUT2D eigenvalue weighted by Crippen LogP contribution is 2.29. The lowest BCUT2D eigenvalue weighted by molar-refractivity contribution is 0.425. The third-order valence-electron chi connectivity index (χ3n) is 3.42. The van der Waals surface area contributed by atoms with Gasteiger partial charge in [0.2, 0.25) is 0 Å². The summed E-state index contributed by atoms with van der Waals surface area (Å²) < 4.78 is 5.76. The average molecular weight is 240 g/mol. The van der Waals surface area contributed by atoms with Gasteiger partial charge in [-0.05, 0) is 37.1 Å². The standard InChI is InChI=1S/C14H13BO3/c1-8-6-11-10-4-3-5-12(15(16)17)14(10)18-13(11)7-9(8)2/h3-7,16-17H,1-2H3. The summed E-state index contributed by atoms with van der Waals surface area (Å²) in [6.07, 6.45) is 0. The molecule has 3 rings (SSSR count). The van der Waals surface area contributed by atoms with Gasteiger partial charge in [-0.2, -0.15) is 0 Å². The number of benzene rings is 2. The first kappa shape index (κ1) is 11.3. The molecule has 0 aliphatic rings. The number of aryl methyl sites for hydroxylation is 2. The van der Waals surface area contributed by atoms with Gasteiger partial charge in [0.15, 0.2) is 0 Å². The molecule has 0 radical (unpaired) electrons. The molecular weight excluding hydrogens is 227 g/mol. The second-order valence-electron chi connectivity index (χ2n) is 4.63. The monoisotopic (exact) mass is 240 g/mol. The van der Waals surface area contributed by atoms with E-state index in [0.717, 1.165) is 21.9 Å². The van der Waals surface area contributed by atoms with Crippen LogP contribution < -0.4 is 5.46 Å². The molecule has 3 aromatic rings. The van der Waals surface area contributed by atoms with Crippen molar-refractivity contribution in [2.24, 2.45) is 0 Å². The summed E-state index contributed by atoms with van der Waals surface area (Å²) >= 11 is 0. The molecule has 90 valence electrons. The highest BCUT2D eigenvalue weighted by Gasteiger charge is 2.19. The Morgan fingerprint density at radius 2 is 1.72 bits per heavy atom. The van der Waals surface area contributed by atoms with Crippen molar-refractivity contribution in [2.45, 2.75) is 13.8 Å². The molecule has 0 spiro atoms. The highest BCUT2D eigenvalue weighted by molar-refractivity contribution is 6.61. The Morgan fingerprint density at radius 3 is 2.44 bits per heavy atom.